The van der Waals surface area contributed by atoms with Gasteiger partial charge in [0.05, 0.1) is 5.69 Å². The van der Waals surface area contributed by atoms with Crippen molar-refractivity contribution in [3.8, 4) is 5.75 Å². The number of phenols is 1. The third-order valence-corrected chi connectivity index (χ3v) is 3.22. The number of aromatic hydroxyl groups is 1. The number of aryl methyl sites for hydroxylation is 2. The minimum Gasteiger partial charge on any atom is -0.506 e. The molecule has 0 aliphatic heterocycles. The van der Waals surface area contributed by atoms with Gasteiger partial charge in [-0.3, -0.25) is 9.59 Å². The lowest BCUT2D eigenvalue weighted by Gasteiger charge is -2.09. The Morgan fingerprint density at radius 2 is 2.09 bits per heavy atom. The number of nitrogens with one attached hydrogen (secondary N) is 1. The number of aromatic nitrogens is 2. The van der Waals surface area contributed by atoms with E-state index in [4.69, 9.17) is 0 Å². The minimum absolute atomic E-state index is 0.00680. The number of hydrogen-bond donors (Lipinski definition) is 2. The molecule has 6 nitrogen and oxygen atoms in total. The molecule has 1 amide bonds. The highest BCUT2D eigenvalue weighted by atomic mass is 16.3. The second-order valence-corrected chi connectivity index (χ2v) is 5.11. The normalized spacial score (nSPS) is 10.5. The average Bonchev–Trinajstić information content (AvgIpc) is 2.49. The zero-order valence-electron chi connectivity index (χ0n) is 12.7. The Hall–Kier alpha value is -2.63. The fourth-order valence-electron chi connectivity index (χ4n) is 1.97. The van der Waals surface area contributed by atoms with Crippen LogP contribution in [0.2, 0.25) is 0 Å². The number of nitrogens with zero attached hydrogens (tertiary/aromatic N) is 2. The van der Waals surface area contributed by atoms with Gasteiger partial charge in [-0.2, -0.15) is 5.10 Å². The molecule has 0 spiro atoms. The molecule has 22 heavy (non-hydrogen) atoms. The number of carbonyl (C=O) groups excluding carboxylic acids is 1. The van der Waals surface area contributed by atoms with Gasteiger partial charge < -0.3 is 10.4 Å². The van der Waals surface area contributed by atoms with E-state index < -0.39 is 5.91 Å². The highest BCUT2D eigenvalue weighted by Crippen LogP contribution is 2.24. The van der Waals surface area contributed by atoms with E-state index in [1.54, 1.807) is 18.2 Å². The van der Waals surface area contributed by atoms with E-state index >= 15 is 0 Å². The Kier molecular flexibility index (Phi) is 4.93. The van der Waals surface area contributed by atoms with Crippen LogP contribution in [0.5, 0.6) is 5.75 Å². The molecular formula is C16H19N3O3. The summed E-state index contributed by atoms with van der Waals surface area (Å²) in [6.07, 6.45) is 1.75. The molecule has 1 aromatic carbocycles. The fraction of sp³-hybridized carbons (Fsp3) is 0.312. The van der Waals surface area contributed by atoms with E-state index in [1.807, 2.05) is 13.8 Å². The third-order valence-electron chi connectivity index (χ3n) is 3.22. The molecule has 0 saturated carbocycles. The molecule has 0 aliphatic rings. The van der Waals surface area contributed by atoms with Gasteiger partial charge in [0.15, 0.2) is 0 Å². The average molecular weight is 301 g/mol. The van der Waals surface area contributed by atoms with Gasteiger partial charge in [-0.15, -0.1) is 0 Å². The number of anilines is 1. The first-order valence-corrected chi connectivity index (χ1v) is 7.20. The molecule has 0 atom stereocenters. The number of carbonyl (C=O) groups is 1. The van der Waals surface area contributed by atoms with Crippen LogP contribution in [-0.4, -0.2) is 20.8 Å². The first-order chi connectivity index (χ1) is 10.5. The van der Waals surface area contributed by atoms with Crippen molar-refractivity contribution in [3.63, 3.8) is 0 Å². The van der Waals surface area contributed by atoms with Gasteiger partial charge in [-0.05, 0) is 37.1 Å². The number of phenolic OH excluding ortho intramolecular Hbond substituents is 1. The number of unbranched alkanes of at least 4 members (excludes halogenated alkanes) is 1. The summed E-state index contributed by atoms with van der Waals surface area (Å²) in [7, 11) is 0. The molecule has 1 heterocycles. The van der Waals surface area contributed by atoms with Crippen LogP contribution in [0.15, 0.2) is 35.1 Å². The van der Waals surface area contributed by atoms with Crippen molar-refractivity contribution < 1.29 is 9.90 Å². The van der Waals surface area contributed by atoms with Crippen molar-refractivity contribution in [1.29, 1.82) is 0 Å². The molecule has 6 heteroatoms. The van der Waals surface area contributed by atoms with Crippen molar-refractivity contribution in [2.24, 2.45) is 0 Å². The second-order valence-electron chi connectivity index (χ2n) is 5.11. The largest absolute Gasteiger partial charge is 0.506 e. The first kappa shape index (κ1) is 15.8. The lowest BCUT2D eigenvalue weighted by atomic mass is 10.2. The summed E-state index contributed by atoms with van der Waals surface area (Å²) in [4.78, 5) is 23.9. The topological polar surface area (TPSA) is 84.2 Å². The van der Waals surface area contributed by atoms with Crippen molar-refractivity contribution in [2.45, 2.75) is 33.2 Å². The molecule has 0 radical (unpaired) electrons. The van der Waals surface area contributed by atoms with Crippen LogP contribution in [0.1, 0.15) is 35.8 Å². The third kappa shape index (κ3) is 3.72. The number of hydrogen-bond acceptors (Lipinski definition) is 4. The Labute approximate surface area is 128 Å². The lowest BCUT2D eigenvalue weighted by molar-refractivity contribution is 0.101. The maximum Gasteiger partial charge on any atom is 0.276 e. The summed E-state index contributed by atoms with van der Waals surface area (Å²) in [5.74, 6) is -0.475. The first-order valence-electron chi connectivity index (χ1n) is 7.20. The molecule has 116 valence electrons. The van der Waals surface area contributed by atoms with E-state index in [-0.39, 0.29) is 17.0 Å². The summed E-state index contributed by atoms with van der Waals surface area (Å²) < 4.78 is 1.29. The smallest absolute Gasteiger partial charge is 0.276 e. The van der Waals surface area contributed by atoms with Gasteiger partial charge in [-0.25, -0.2) is 4.68 Å². The van der Waals surface area contributed by atoms with Crippen LogP contribution >= 0.6 is 0 Å². The molecule has 2 rings (SSSR count). The van der Waals surface area contributed by atoms with Gasteiger partial charge in [-0.1, -0.05) is 19.4 Å². The van der Waals surface area contributed by atoms with Gasteiger partial charge in [0.2, 0.25) is 0 Å². The SMILES string of the molecule is CCCCn1nc(C(=O)Nc2ccc(C)cc2O)ccc1=O. The summed E-state index contributed by atoms with van der Waals surface area (Å²) in [6, 6.07) is 7.67. The Morgan fingerprint density at radius 1 is 1.32 bits per heavy atom. The summed E-state index contributed by atoms with van der Waals surface area (Å²) >= 11 is 0. The Balaban J connectivity index is 2.20. The molecular weight excluding hydrogens is 282 g/mol. The molecule has 0 unspecified atom stereocenters. The summed E-state index contributed by atoms with van der Waals surface area (Å²) in [5, 5.41) is 16.5. The van der Waals surface area contributed by atoms with E-state index in [9.17, 15) is 14.7 Å². The molecule has 2 N–H and O–H groups in total. The van der Waals surface area contributed by atoms with Crippen molar-refractivity contribution >= 4 is 11.6 Å². The lowest BCUT2D eigenvalue weighted by Crippen LogP contribution is -2.26. The second kappa shape index (κ2) is 6.89. The monoisotopic (exact) mass is 301 g/mol. The van der Waals surface area contributed by atoms with Crippen molar-refractivity contribution in [1.82, 2.24) is 9.78 Å². The Bertz CT molecular complexity index is 738. The quantitative estimate of drug-likeness (QED) is 0.830. The zero-order chi connectivity index (χ0) is 16.1. The van der Waals surface area contributed by atoms with E-state index in [0.29, 0.717) is 12.2 Å². The van der Waals surface area contributed by atoms with Crippen LogP contribution < -0.4 is 10.9 Å². The summed E-state index contributed by atoms with van der Waals surface area (Å²) in [5.41, 5.74) is 1.10. The Morgan fingerprint density at radius 3 is 2.77 bits per heavy atom. The predicted octanol–water partition coefficient (Wildman–Crippen LogP) is 2.31. The van der Waals surface area contributed by atoms with Gasteiger partial charge >= 0.3 is 0 Å². The van der Waals surface area contributed by atoms with Gasteiger partial charge in [0.25, 0.3) is 11.5 Å². The van der Waals surface area contributed by atoms with Crippen molar-refractivity contribution in [3.05, 3.63) is 51.9 Å². The van der Waals surface area contributed by atoms with E-state index in [2.05, 4.69) is 10.4 Å². The molecule has 0 bridgehead atoms. The van der Waals surface area contributed by atoms with Crippen LogP contribution in [0.4, 0.5) is 5.69 Å². The molecule has 0 saturated heterocycles. The number of amides is 1. The predicted molar refractivity (Wildman–Crippen MR) is 84.2 cm³/mol. The van der Waals surface area contributed by atoms with Crippen LogP contribution in [0, 0.1) is 6.92 Å². The highest BCUT2D eigenvalue weighted by Gasteiger charge is 2.12. The zero-order valence-corrected chi connectivity index (χ0v) is 12.7. The summed E-state index contributed by atoms with van der Waals surface area (Å²) in [6.45, 7) is 4.34. The maximum atomic E-state index is 12.2. The van der Waals surface area contributed by atoms with Crippen LogP contribution in [0.25, 0.3) is 0 Å². The van der Waals surface area contributed by atoms with Gasteiger partial charge in [0.1, 0.15) is 11.4 Å². The standard InChI is InChI=1S/C16H19N3O3/c1-3-4-9-19-15(21)8-7-13(18-19)16(22)17-12-6-5-11(2)10-14(12)20/h5-8,10,20H,3-4,9H2,1-2H3,(H,17,22). The minimum atomic E-state index is -0.468. The molecule has 2 aromatic rings. The number of rotatable bonds is 5. The van der Waals surface area contributed by atoms with E-state index in [1.165, 1.54) is 16.8 Å². The fourth-order valence-corrected chi connectivity index (χ4v) is 1.97. The maximum absolute atomic E-state index is 12.2. The van der Waals surface area contributed by atoms with Crippen molar-refractivity contribution in [2.75, 3.05) is 5.32 Å². The molecule has 0 aliphatic carbocycles. The molecule has 1 aromatic heterocycles. The highest BCUT2D eigenvalue weighted by molar-refractivity contribution is 6.03. The van der Waals surface area contributed by atoms with Crippen LogP contribution in [-0.2, 0) is 6.54 Å². The number of benzene rings is 1. The van der Waals surface area contributed by atoms with E-state index in [0.717, 1.165) is 18.4 Å². The van der Waals surface area contributed by atoms with Gasteiger partial charge in [0, 0.05) is 12.6 Å². The van der Waals surface area contributed by atoms with Crippen LogP contribution in [0.3, 0.4) is 0 Å². The molecule has 0 fully saturated rings.